The van der Waals surface area contributed by atoms with Gasteiger partial charge in [-0.2, -0.15) is 0 Å². The lowest BCUT2D eigenvalue weighted by Gasteiger charge is -2.06. The number of para-hydroxylation sites is 1. The summed E-state index contributed by atoms with van der Waals surface area (Å²) in [4.78, 5) is 0. The van der Waals surface area contributed by atoms with Crippen molar-refractivity contribution in [2.75, 3.05) is 11.2 Å². The van der Waals surface area contributed by atoms with Crippen LogP contribution in [0, 0.1) is 0 Å². The SMILES string of the molecule is CCc1ccccc1Nc1nnc(CCCl)o1. The molecular weight excluding hydrogens is 238 g/mol. The fraction of sp³-hybridized carbons (Fsp3) is 0.333. The average molecular weight is 252 g/mol. The Kier molecular flexibility index (Phi) is 3.98. The summed E-state index contributed by atoms with van der Waals surface area (Å²) in [5, 5.41) is 10.9. The molecule has 0 fully saturated rings. The minimum Gasteiger partial charge on any atom is -0.408 e. The quantitative estimate of drug-likeness (QED) is 0.830. The topological polar surface area (TPSA) is 51.0 Å². The molecular formula is C12H14ClN3O. The molecule has 17 heavy (non-hydrogen) atoms. The second-order valence-electron chi connectivity index (χ2n) is 3.58. The molecule has 0 aliphatic carbocycles. The lowest BCUT2D eigenvalue weighted by Crippen LogP contribution is -1.94. The van der Waals surface area contributed by atoms with E-state index in [1.807, 2.05) is 18.2 Å². The lowest BCUT2D eigenvalue weighted by molar-refractivity contribution is 0.516. The summed E-state index contributed by atoms with van der Waals surface area (Å²) in [6, 6.07) is 8.45. The van der Waals surface area contributed by atoms with Gasteiger partial charge in [0.15, 0.2) is 0 Å². The van der Waals surface area contributed by atoms with Crippen LogP contribution >= 0.6 is 11.6 Å². The number of hydrogen-bond acceptors (Lipinski definition) is 4. The van der Waals surface area contributed by atoms with Crippen LogP contribution in [-0.2, 0) is 12.8 Å². The van der Waals surface area contributed by atoms with Crippen molar-refractivity contribution in [3.05, 3.63) is 35.7 Å². The molecule has 0 bridgehead atoms. The van der Waals surface area contributed by atoms with Crippen molar-refractivity contribution in [1.82, 2.24) is 10.2 Å². The molecule has 1 aromatic heterocycles. The van der Waals surface area contributed by atoms with E-state index < -0.39 is 0 Å². The molecule has 0 amide bonds. The van der Waals surface area contributed by atoms with Crippen LogP contribution < -0.4 is 5.32 Å². The zero-order valence-electron chi connectivity index (χ0n) is 9.61. The molecule has 2 rings (SSSR count). The lowest BCUT2D eigenvalue weighted by atomic mass is 10.1. The molecule has 0 radical (unpaired) electrons. The number of anilines is 2. The van der Waals surface area contributed by atoms with E-state index in [4.69, 9.17) is 16.0 Å². The summed E-state index contributed by atoms with van der Waals surface area (Å²) in [6.45, 7) is 2.10. The predicted molar refractivity (Wildman–Crippen MR) is 67.8 cm³/mol. The summed E-state index contributed by atoms with van der Waals surface area (Å²) in [7, 11) is 0. The number of benzene rings is 1. The standard InChI is InChI=1S/C12H14ClN3O/c1-2-9-5-3-4-6-10(9)14-12-16-15-11(17-12)7-8-13/h3-6H,2,7-8H2,1H3,(H,14,16). The minimum atomic E-state index is 0.408. The van der Waals surface area contributed by atoms with Crippen molar-refractivity contribution in [2.24, 2.45) is 0 Å². The number of nitrogens with one attached hydrogen (secondary N) is 1. The Labute approximate surface area is 105 Å². The van der Waals surface area contributed by atoms with Crippen molar-refractivity contribution in [2.45, 2.75) is 19.8 Å². The van der Waals surface area contributed by atoms with Gasteiger partial charge in [0.2, 0.25) is 5.89 Å². The van der Waals surface area contributed by atoms with Gasteiger partial charge in [-0.05, 0) is 18.1 Å². The van der Waals surface area contributed by atoms with Crippen LogP contribution in [0.15, 0.2) is 28.7 Å². The minimum absolute atomic E-state index is 0.408. The Bertz CT molecular complexity index is 484. The summed E-state index contributed by atoms with van der Waals surface area (Å²) >= 11 is 5.60. The average Bonchev–Trinajstić information content (AvgIpc) is 2.78. The summed E-state index contributed by atoms with van der Waals surface area (Å²) in [6.07, 6.45) is 1.54. The second kappa shape index (κ2) is 5.68. The Morgan fingerprint density at radius 2 is 2.12 bits per heavy atom. The first-order valence-electron chi connectivity index (χ1n) is 5.56. The van der Waals surface area contributed by atoms with Crippen LogP contribution in [-0.4, -0.2) is 16.1 Å². The summed E-state index contributed by atoms with van der Waals surface area (Å²) in [5.74, 6) is 1.03. The van der Waals surface area contributed by atoms with Crippen LogP contribution in [0.25, 0.3) is 0 Å². The van der Waals surface area contributed by atoms with Crippen molar-refractivity contribution < 1.29 is 4.42 Å². The van der Waals surface area contributed by atoms with Gasteiger partial charge in [-0.1, -0.05) is 30.2 Å². The maximum Gasteiger partial charge on any atom is 0.320 e. The van der Waals surface area contributed by atoms with Crippen molar-refractivity contribution >= 4 is 23.3 Å². The van der Waals surface area contributed by atoms with Gasteiger partial charge < -0.3 is 9.73 Å². The van der Waals surface area contributed by atoms with E-state index in [0.717, 1.165) is 12.1 Å². The monoisotopic (exact) mass is 251 g/mol. The number of rotatable bonds is 5. The summed E-state index contributed by atoms with van der Waals surface area (Å²) in [5.41, 5.74) is 2.21. The Morgan fingerprint density at radius 1 is 1.29 bits per heavy atom. The molecule has 0 unspecified atom stereocenters. The van der Waals surface area contributed by atoms with Crippen LogP contribution in [0.3, 0.4) is 0 Å². The molecule has 0 saturated carbocycles. The first-order chi connectivity index (χ1) is 8.33. The Hall–Kier alpha value is -1.55. The third-order valence-corrected chi connectivity index (χ3v) is 2.60. The highest BCUT2D eigenvalue weighted by Crippen LogP contribution is 2.20. The van der Waals surface area contributed by atoms with E-state index in [2.05, 4.69) is 28.5 Å². The smallest absolute Gasteiger partial charge is 0.320 e. The molecule has 90 valence electrons. The Balaban J connectivity index is 2.13. The molecule has 0 atom stereocenters. The van der Waals surface area contributed by atoms with Crippen molar-refractivity contribution in [3.63, 3.8) is 0 Å². The molecule has 4 nitrogen and oxygen atoms in total. The van der Waals surface area contributed by atoms with Crippen LogP contribution in [0.4, 0.5) is 11.7 Å². The number of nitrogens with zero attached hydrogens (tertiary/aromatic N) is 2. The van der Waals surface area contributed by atoms with Gasteiger partial charge in [0.1, 0.15) is 0 Å². The molecule has 1 aromatic carbocycles. The number of hydrogen-bond donors (Lipinski definition) is 1. The third-order valence-electron chi connectivity index (χ3n) is 2.42. The Morgan fingerprint density at radius 3 is 2.88 bits per heavy atom. The summed E-state index contributed by atoms with van der Waals surface area (Å²) < 4.78 is 5.41. The highest BCUT2D eigenvalue weighted by atomic mass is 35.5. The molecule has 0 aliphatic heterocycles. The molecule has 0 saturated heterocycles. The van der Waals surface area contributed by atoms with Crippen molar-refractivity contribution in [3.8, 4) is 0 Å². The zero-order chi connectivity index (χ0) is 12.1. The van der Waals surface area contributed by atoms with Crippen LogP contribution in [0.1, 0.15) is 18.4 Å². The van der Waals surface area contributed by atoms with E-state index in [9.17, 15) is 0 Å². The maximum atomic E-state index is 5.60. The van der Waals surface area contributed by atoms with Crippen LogP contribution in [0.5, 0.6) is 0 Å². The largest absolute Gasteiger partial charge is 0.408 e. The third kappa shape index (κ3) is 2.97. The maximum absolute atomic E-state index is 5.60. The fourth-order valence-corrected chi connectivity index (χ4v) is 1.71. The van der Waals surface area contributed by atoms with E-state index in [-0.39, 0.29) is 0 Å². The van der Waals surface area contributed by atoms with Gasteiger partial charge in [0.25, 0.3) is 0 Å². The number of aromatic nitrogens is 2. The number of halogens is 1. The van der Waals surface area contributed by atoms with Gasteiger partial charge in [-0.25, -0.2) is 0 Å². The first-order valence-corrected chi connectivity index (χ1v) is 6.10. The van der Waals surface area contributed by atoms with E-state index >= 15 is 0 Å². The van der Waals surface area contributed by atoms with Gasteiger partial charge in [0, 0.05) is 18.0 Å². The first kappa shape index (κ1) is 11.9. The normalized spacial score (nSPS) is 10.5. The van der Waals surface area contributed by atoms with E-state index in [1.54, 1.807) is 0 Å². The van der Waals surface area contributed by atoms with E-state index in [1.165, 1.54) is 5.56 Å². The molecule has 1 N–H and O–H groups in total. The highest BCUT2D eigenvalue weighted by molar-refractivity contribution is 6.17. The number of aryl methyl sites for hydroxylation is 2. The molecule has 1 heterocycles. The van der Waals surface area contributed by atoms with Gasteiger partial charge >= 0.3 is 6.01 Å². The molecule has 2 aromatic rings. The van der Waals surface area contributed by atoms with Gasteiger partial charge in [0.05, 0.1) is 0 Å². The van der Waals surface area contributed by atoms with E-state index in [0.29, 0.717) is 24.2 Å². The number of alkyl halides is 1. The van der Waals surface area contributed by atoms with Gasteiger partial charge in [-0.15, -0.1) is 16.7 Å². The van der Waals surface area contributed by atoms with Crippen LogP contribution in [0.2, 0.25) is 0 Å². The zero-order valence-corrected chi connectivity index (χ0v) is 10.4. The second-order valence-corrected chi connectivity index (χ2v) is 3.95. The molecule has 0 aliphatic rings. The predicted octanol–water partition coefficient (Wildman–Crippen LogP) is 3.16. The highest BCUT2D eigenvalue weighted by Gasteiger charge is 2.07. The fourth-order valence-electron chi connectivity index (χ4n) is 1.55. The molecule has 5 heteroatoms. The molecule has 0 spiro atoms. The van der Waals surface area contributed by atoms with Crippen molar-refractivity contribution in [1.29, 1.82) is 0 Å². The van der Waals surface area contributed by atoms with Gasteiger partial charge in [-0.3, -0.25) is 0 Å².